The Morgan fingerprint density at radius 1 is 1.07 bits per heavy atom. The van der Waals surface area contributed by atoms with Crippen molar-refractivity contribution in [2.75, 3.05) is 29.6 Å². The zero-order valence-electron chi connectivity index (χ0n) is 16.6. The number of nitrogens with one attached hydrogen (secondary N) is 1. The van der Waals surface area contributed by atoms with Crippen molar-refractivity contribution in [3.05, 3.63) is 60.2 Å². The van der Waals surface area contributed by atoms with E-state index in [1.54, 1.807) is 13.3 Å². The van der Waals surface area contributed by atoms with Crippen LogP contribution in [0.25, 0.3) is 10.8 Å². The predicted molar refractivity (Wildman–Crippen MR) is 115 cm³/mol. The smallest absolute Gasteiger partial charge is 0.316 e. The molecule has 30 heavy (non-hydrogen) atoms. The molecule has 1 aliphatic rings. The molecule has 9 nitrogen and oxygen atoms in total. The number of nitrogens with two attached hydrogens (primary N) is 1. The summed E-state index contributed by atoms with van der Waals surface area (Å²) in [6.07, 6.45) is 3.64. The molecule has 0 amide bonds. The third kappa shape index (κ3) is 3.24. The third-order valence-corrected chi connectivity index (χ3v) is 5.35. The molecule has 5 rings (SSSR count). The van der Waals surface area contributed by atoms with Crippen molar-refractivity contribution >= 4 is 28.1 Å². The molecular formula is C21H22N8O. The molecular weight excluding hydrogens is 380 g/mol. The highest BCUT2D eigenvalue weighted by Gasteiger charge is 2.22. The predicted octanol–water partition coefficient (Wildman–Crippen LogP) is 2.44. The Hall–Kier alpha value is -3.88. The molecule has 1 aromatic carbocycles. The van der Waals surface area contributed by atoms with E-state index in [0.717, 1.165) is 46.8 Å². The lowest BCUT2D eigenvalue weighted by Gasteiger charge is -2.28. The van der Waals surface area contributed by atoms with Gasteiger partial charge in [0, 0.05) is 48.5 Å². The molecule has 1 aliphatic heterocycles. The lowest BCUT2D eigenvalue weighted by atomic mass is 10.1. The van der Waals surface area contributed by atoms with Crippen molar-refractivity contribution in [2.24, 2.45) is 0 Å². The number of pyridine rings is 2. The van der Waals surface area contributed by atoms with Gasteiger partial charge in [-0.05, 0) is 23.8 Å². The monoisotopic (exact) mass is 402 g/mol. The van der Waals surface area contributed by atoms with Gasteiger partial charge in [-0.3, -0.25) is 4.57 Å². The number of nitrogens with zero attached hydrogens (tertiary/aromatic N) is 6. The number of fused-ring (bicyclic) bond motifs is 2. The van der Waals surface area contributed by atoms with Gasteiger partial charge in [-0.2, -0.15) is 0 Å². The summed E-state index contributed by atoms with van der Waals surface area (Å²) in [5, 5.41) is 13.8. The Bertz CT molecular complexity index is 1190. The number of anilines is 3. The van der Waals surface area contributed by atoms with Crippen LogP contribution in [0.1, 0.15) is 11.4 Å². The maximum atomic E-state index is 5.99. The van der Waals surface area contributed by atoms with E-state index >= 15 is 0 Å². The average molecular weight is 402 g/mol. The summed E-state index contributed by atoms with van der Waals surface area (Å²) in [4.78, 5) is 11.0. The van der Waals surface area contributed by atoms with Crippen LogP contribution in [0.2, 0.25) is 0 Å². The highest BCUT2D eigenvalue weighted by molar-refractivity contribution is 5.99. The van der Waals surface area contributed by atoms with E-state index in [9.17, 15) is 0 Å². The first-order valence-electron chi connectivity index (χ1n) is 9.76. The second kappa shape index (κ2) is 7.51. The summed E-state index contributed by atoms with van der Waals surface area (Å²) in [5.74, 6) is 2.35. The van der Waals surface area contributed by atoms with Gasteiger partial charge < -0.3 is 20.7 Å². The topological polar surface area (TPSA) is 107 Å². The highest BCUT2D eigenvalue weighted by Crippen LogP contribution is 2.27. The Kier molecular flexibility index (Phi) is 4.55. The van der Waals surface area contributed by atoms with Crippen molar-refractivity contribution in [3.8, 4) is 6.01 Å². The van der Waals surface area contributed by atoms with E-state index in [2.05, 4.69) is 36.4 Å². The van der Waals surface area contributed by atoms with Crippen LogP contribution in [0.4, 0.5) is 17.3 Å². The molecule has 0 saturated carbocycles. The van der Waals surface area contributed by atoms with Gasteiger partial charge in [0.05, 0.1) is 13.7 Å². The molecule has 152 valence electrons. The molecule has 3 aromatic heterocycles. The van der Waals surface area contributed by atoms with Crippen LogP contribution < -0.4 is 20.7 Å². The van der Waals surface area contributed by atoms with Gasteiger partial charge in [-0.1, -0.05) is 23.3 Å². The second-order valence-corrected chi connectivity index (χ2v) is 7.15. The van der Waals surface area contributed by atoms with Gasteiger partial charge in [0.15, 0.2) is 5.82 Å². The van der Waals surface area contributed by atoms with Crippen LogP contribution in [0.15, 0.2) is 48.8 Å². The lowest BCUT2D eigenvalue weighted by molar-refractivity contribution is 0.349. The van der Waals surface area contributed by atoms with Crippen LogP contribution in [0, 0.1) is 0 Å². The summed E-state index contributed by atoms with van der Waals surface area (Å²) in [6.45, 7) is 2.93. The number of hydrogen-bond donors (Lipinski definition) is 2. The van der Waals surface area contributed by atoms with E-state index in [0.29, 0.717) is 24.9 Å². The van der Waals surface area contributed by atoms with Crippen molar-refractivity contribution in [3.63, 3.8) is 0 Å². The average Bonchev–Trinajstić information content (AvgIpc) is 3.21. The quantitative estimate of drug-likeness (QED) is 0.524. The molecule has 3 N–H and O–H groups in total. The first-order chi connectivity index (χ1) is 14.7. The fourth-order valence-electron chi connectivity index (χ4n) is 3.77. The minimum Gasteiger partial charge on any atom is -0.467 e. The Morgan fingerprint density at radius 2 is 2.00 bits per heavy atom. The SMILES string of the molecule is COc1nnc2n1CCN(c1ccc(CNc3cccc4c(N)nccc34)cn1)C2. The van der Waals surface area contributed by atoms with Gasteiger partial charge in [-0.15, -0.1) is 5.10 Å². The number of ether oxygens (including phenoxy) is 1. The molecule has 0 saturated heterocycles. The van der Waals surface area contributed by atoms with Crippen LogP contribution >= 0.6 is 0 Å². The summed E-state index contributed by atoms with van der Waals surface area (Å²) in [6, 6.07) is 12.7. The van der Waals surface area contributed by atoms with Crippen LogP contribution in [0.5, 0.6) is 6.01 Å². The van der Waals surface area contributed by atoms with Crippen LogP contribution in [-0.2, 0) is 19.6 Å². The van der Waals surface area contributed by atoms with Crippen molar-refractivity contribution in [1.82, 2.24) is 24.7 Å². The van der Waals surface area contributed by atoms with Gasteiger partial charge in [0.2, 0.25) is 0 Å². The van der Waals surface area contributed by atoms with Gasteiger partial charge in [0.1, 0.15) is 11.6 Å². The van der Waals surface area contributed by atoms with E-state index < -0.39 is 0 Å². The van der Waals surface area contributed by atoms with Gasteiger partial charge >= 0.3 is 6.01 Å². The largest absolute Gasteiger partial charge is 0.467 e. The Balaban J connectivity index is 1.28. The van der Waals surface area contributed by atoms with Gasteiger partial charge in [0.25, 0.3) is 0 Å². The summed E-state index contributed by atoms with van der Waals surface area (Å²) in [7, 11) is 1.61. The van der Waals surface area contributed by atoms with Crippen molar-refractivity contribution in [2.45, 2.75) is 19.6 Å². The minimum absolute atomic E-state index is 0.539. The zero-order chi connectivity index (χ0) is 20.5. The summed E-state index contributed by atoms with van der Waals surface area (Å²) >= 11 is 0. The highest BCUT2D eigenvalue weighted by atomic mass is 16.5. The maximum absolute atomic E-state index is 5.99. The molecule has 9 heteroatoms. The molecule has 0 bridgehead atoms. The molecule has 4 heterocycles. The molecule has 0 spiro atoms. The third-order valence-electron chi connectivity index (χ3n) is 5.35. The number of hydrogen-bond acceptors (Lipinski definition) is 8. The fraction of sp³-hybridized carbons (Fsp3) is 0.238. The number of rotatable bonds is 5. The Labute approximate surface area is 173 Å². The van der Waals surface area contributed by atoms with E-state index in [1.165, 1.54) is 0 Å². The molecule has 0 fully saturated rings. The number of aromatic nitrogens is 5. The minimum atomic E-state index is 0.539. The van der Waals surface area contributed by atoms with Crippen molar-refractivity contribution < 1.29 is 4.74 Å². The van der Waals surface area contributed by atoms with E-state index in [4.69, 9.17) is 10.5 Å². The fourth-order valence-corrected chi connectivity index (χ4v) is 3.77. The zero-order valence-corrected chi connectivity index (χ0v) is 16.6. The van der Waals surface area contributed by atoms with Gasteiger partial charge in [-0.25, -0.2) is 9.97 Å². The normalized spacial score (nSPS) is 13.3. The second-order valence-electron chi connectivity index (χ2n) is 7.15. The van der Waals surface area contributed by atoms with Crippen LogP contribution in [-0.4, -0.2) is 38.4 Å². The lowest BCUT2D eigenvalue weighted by Crippen LogP contribution is -2.34. The van der Waals surface area contributed by atoms with E-state index in [-0.39, 0.29) is 0 Å². The number of nitrogen functional groups attached to an aromatic ring is 1. The molecule has 0 radical (unpaired) electrons. The number of methoxy groups -OCH3 is 1. The first kappa shape index (κ1) is 18.2. The first-order valence-corrected chi connectivity index (χ1v) is 9.76. The van der Waals surface area contributed by atoms with Crippen molar-refractivity contribution in [1.29, 1.82) is 0 Å². The number of benzene rings is 1. The summed E-state index contributed by atoms with van der Waals surface area (Å²) in [5.41, 5.74) is 8.11. The standard InChI is InChI=1S/C21H22N8O/c1-30-21-27-26-19-13-28(9-10-29(19)21)18-6-5-14(12-25-18)11-24-17-4-2-3-16-15(17)7-8-23-20(16)22/h2-8,12,24H,9-11,13H2,1H3,(H2,22,23). The molecule has 0 aliphatic carbocycles. The van der Waals surface area contributed by atoms with Crippen LogP contribution in [0.3, 0.4) is 0 Å². The Morgan fingerprint density at radius 3 is 2.83 bits per heavy atom. The summed E-state index contributed by atoms with van der Waals surface area (Å²) < 4.78 is 7.25. The molecule has 4 aromatic rings. The molecule has 0 atom stereocenters. The molecule has 0 unspecified atom stereocenters. The van der Waals surface area contributed by atoms with E-state index in [1.807, 2.05) is 41.1 Å². The maximum Gasteiger partial charge on any atom is 0.316 e.